The fraction of sp³-hybridized carbons (Fsp3) is 0.481. The molecule has 6 heteroatoms. The molecule has 1 N–H and O–H groups in total. The summed E-state index contributed by atoms with van der Waals surface area (Å²) in [4.78, 5) is 15.3. The smallest absolute Gasteiger partial charge is 0.223 e. The first-order chi connectivity index (χ1) is 16.3. The van der Waals surface area contributed by atoms with Gasteiger partial charge in [-0.3, -0.25) is 9.69 Å². The topological polar surface area (TPSA) is 55.1 Å². The molecule has 174 valence electrons. The summed E-state index contributed by atoms with van der Waals surface area (Å²) in [5.74, 6) is 1.52. The lowest BCUT2D eigenvalue weighted by atomic mass is 9.95. The zero-order valence-electron chi connectivity index (χ0n) is 19.4. The lowest BCUT2D eigenvalue weighted by molar-refractivity contribution is -0.127. The lowest BCUT2D eigenvalue weighted by Crippen LogP contribution is -2.43. The van der Waals surface area contributed by atoms with Gasteiger partial charge >= 0.3 is 0 Å². The molecule has 0 radical (unpaired) electrons. The molecule has 1 aliphatic carbocycles. The Morgan fingerprint density at radius 2 is 1.61 bits per heavy atom. The highest BCUT2D eigenvalue weighted by Crippen LogP contribution is 2.25. The maximum absolute atomic E-state index is 12.9. The number of para-hydroxylation sites is 1. The number of carbonyl (C=O) groups excluding carboxylic acids is 1. The molecule has 1 amide bonds. The Labute approximate surface area is 196 Å². The fourth-order valence-corrected chi connectivity index (χ4v) is 5.33. The monoisotopic (exact) mass is 445 g/mol. The van der Waals surface area contributed by atoms with Crippen molar-refractivity contribution < 1.29 is 4.79 Å². The number of hydrogen-bond donors (Lipinski definition) is 1. The van der Waals surface area contributed by atoms with E-state index in [1.54, 1.807) is 0 Å². The van der Waals surface area contributed by atoms with E-state index in [0.717, 1.165) is 56.8 Å². The van der Waals surface area contributed by atoms with E-state index in [-0.39, 0.29) is 11.8 Å². The number of carbonyl (C=O) groups is 1. The highest BCUT2D eigenvalue weighted by atomic mass is 16.1. The number of nitrogens with zero attached hydrogens (tertiary/aromatic N) is 4. The van der Waals surface area contributed by atoms with Crippen LogP contribution in [-0.2, 0) is 11.3 Å². The molecule has 3 heterocycles. The van der Waals surface area contributed by atoms with E-state index in [4.69, 9.17) is 5.10 Å². The molecule has 0 atom stereocenters. The summed E-state index contributed by atoms with van der Waals surface area (Å²) in [6.07, 6.45) is 15.5. The zero-order chi connectivity index (χ0) is 22.5. The van der Waals surface area contributed by atoms with Gasteiger partial charge in [-0.25, -0.2) is 4.68 Å². The van der Waals surface area contributed by atoms with Gasteiger partial charge in [-0.1, -0.05) is 43.9 Å². The van der Waals surface area contributed by atoms with Gasteiger partial charge in [0.05, 0.1) is 11.9 Å². The molecule has 0 bridgehead atoms. The standard InChI is InChI=1S/C27H35N5O/c33-26(29-24-10-4-1-2-5-11-24)22-14-18-30(19-15-22)21-23-20-28-32(25-12-6-3-7-13-25)27(23)31-16-8-9-17-31/h3,6-9,12-13,16-17,20,22,24H,1-2,4-5,10-11,14-15,18-19,21H2,(H,29,33). The number of rotatable bonds is 6. The second kappa shape index (κ2) is 10.4. The highest BCUT2D eigenvalue weighted by Gasteiger charge is 2.27. The van der Waals surface area contributed by atoms with Crippen LogP contribution < -0.4 is 5.32 Å². The third-order valence-electron chi connectivity index (χ3n) is 7.22. The molecule has 1 aliphatic heterocycles. The Morgan fingerprint density at radius 1 is 0.909 bits per heavy atom. The van der Waals surface area contributed by atoms with Crippen LogP contribution >= 0.6 is 0 Å². The normalized spacial score (nSPS) is 18.8. The summed E-state index contributed by atoms with van der Waals surface area (Å²) < 4.78 is 4.16. The number of likely N-dealkylation sites (tertiary alicyclic amines) is 1. The molecular formula is C27H35N5O. The summed E-state index contributed by atoms with van der Waals surface area (Å²) in [6.45, 7) is 2.74. The molecule has 0 spiro atoms. The maximum atomic E-state index is 12.9. The van der Waals surface area contributed by atoms with Gasteiger partial charge in [0.15, 0.2) is 0 Å². The average molecular weight is 446 g/mol. The largest absolute Gasteiger partial charge is 0.353 e. The minimum Gasteiger partial charge on any atom is -0.353 e. The summed E-state index contributed by atoms with van der Waals surface area (Å²) in [5, 5.41) is 8.10. The molecule has 1 aromatic carbocycles. The SMILES string of the molecule is O=C(NC1CCCCCC1)C1CCN(Cc2cnn(-c3ccccc3)c2-n2cccc2)CC1. The van der Waals surface area contributed by atoms with Gasteiger partial charge in [0.2, 0.25) is 5.91 Å². The first-order valence-electron chi connectivity index (χ1n) is 12.6. The molecular weight excluding hydrogens is 410 g/mol. The van der Waals surface area contributed by atoms with Crippen LogP contribution in [0.25, 0.3) is 11.5 Å². The second-order valence-electron chi connectivity index (χ2n) is 9.58. The first-order valence-corrected chi connectivity index (χ1v) is 12.6. The van der Waals surface area contributed by atoms with E-state index >= 15 is 0 Å². The van der Waals surface area contributed by atoms with E-state index in [2.05, 4.69) is 39.3 Å². The maximum Gasteiger partial charge on any atom is 0.223 e. The molecule has 2 fully saturated rings. The third kappa shape index (κ3) is 5.22. The predicted molar refractivity (Wildman–Crippen MR) is 131 cm³/mol. The van der Waals surface area contributed by atoms with Crippen molar-refractivity contribution in [1.82, 2.24) is 24.6 Å². The van der Waals surface area contributed by atoms with Gasteiger partial charge in [-0.15, -0.1) is 0 Å². The number of piperidine rings is 1. The van der Waals surface area contributed by atoms with E-state index < -0.39 is 0 Å². The van der Waals surface area contributed by atoms with Crippen LogP contribution in [0.4, 0.5) is 0 Å². The number of amides is 1. The molecule has 5 rings (SSSR count). The summed E-state index contributed by atoms with van der Waals surface area (Å²) in [7, 11) is 0. The summed E-state index contributed by atoms with van der Waals surface area (Å²) in [6, 6.07) is 14.8. The van der Waals surface area contributed by atoms with Crippen LogP contribution in [0.5, 0.6) is 0 Å². The molecule has 33 heavy (non-hydrogen) atoms. The minimum atomic E-state index is 0.153. The molecule has 0 unspecified atom stereocenters. The van der Waals surface area contributed by atoms with Crippen molar-refractivity contribution in [1.29, 1.82) is 0 Å². The van der Waals surface area contributed by atoms with Gasteiger partial charge in [0.1, 0.15) is 5.82 Å². The van der Waals surface area contributed by atoms with Crippen LogP contribution in [-0.4, -0.2) is 44.3 Å². The number of hydrogen-bond acceptors (Lipinski definition) is 3. The van der Waals surface area contributed by atoms with Gasteiger partial charge in [-0.2, -0.15) is 5.10 Å². The van der Waals surface area contributed by atoms with Crippen LogP contribution in [0.3, 0.4) is 0 Å². The minimum absolute atomic E-state index is 0.153. The van der Waals surface area contributed by atoms with Crippen LogP contribution in [0.1, 0.15) is 56.9 Å². The Bertz CT molecular complexity index is 1010. The van der Waals surface area contributed by atoms with Crippen molar-refractivity contribution in [2.45, 2.75) is 64.0 Å². The van der Waals surface area contributed by atoms with Crippen molar-refractivity contribution in [2.75, 3.05) is 13.1 Å². The number of nitrogens with one attached hydrogen (secondary N) is 1. The molecule has 1 saturated carbocycles. The van der Waals surface area contributed by atoms with E-state index in [1.807, 2.05) is 41.2 Å². The lowest BCUT2D eigenvalue weighted by Gasteiger charge is -2.32. The number of aromatic nitrogens is 3. The highest BCUT2D eigenvalue weighted by molar-refractivity contribution is 5.79. The molecule has 3 aromatic rings. The second-order valence-corrected chi connectivity index (χ2v) is 9.58. The molecule has 1 saturated heterocycles. The van der Waals surface area contributed by atoms with Crippen molar-refractivity contribution >= 4 is 5.91 Å². The van der Waals surface area contributed by atoms with Gasteiger partial charge in [0, 0.05) is 36.5 Å². The molecule has 2 aliphatic rings. The van der Waals surface area contributed by atoms with E-state index in [9.17, 15) is 4.79 Å². The van der Waals surface area contributed by atoms with Gasteiger partial charge in [-0.05, 0) is 63.0 Å². The summed E-state index contributed by atoms with van der Waals surface area (Å²) in [5.41, 5.74) is 2.26. The number of benzene rings is 1. The molecule has 6 nitrogen and oxygen atoms in total. The third-order valence-corrected chi connectivity index (χ3v) is 7.22. The van der Waals surface area contributed by atoms with Crippen LogP contribution in [0.15, 0.2) is 61.1 Å². The van der Waals surface area contributed by atoms with Crippen LogP contribution in [0.2, 0.25) is 0 Å². The quantitative estimate of drug-likeness (QED) is 0.559. The Kier molecular flexibility index (Phi) is 6.91. The van der Waals surface area contributed by atoms with E-state index in [0.29, 0.717) is 6.04 Å². The summed E-state index contributed by atoms with van der Waals surface area (Å²) >= 11 is 0. The first kappa shape index (κ1) is 22.0. The van der Waals surface area contributed by atoms with Crippen molar-refractivity contribution in [3.63, 3.8) is 0 Å². The van der Waals surface area contributed by atoms with Crippen molar-refractivity contribution in [3.8, 4) is 11.5 Å². The Balaban J connectivity index is 1.23. The predicted octanol–water partition coefficient (Wildman–Crippen LogP) is 4.71. The Morgan fingerprint density at radius 3 is 2.30 bits per heavy atom. The Hall–Kier alpha value is -2.86. The average Bonchev–Trinajstić information content (AvgIpc) is 3.45. The van der Waals surface area contributed by atoms with Crippen molar-refractivity contribution in [2.24, 2.45) is 5.92 Å². The van der Waals surface area contributed by atoms with Crippen molar-refractivity contribution in [3.05, 3.63) is 66.6 Å². The van der Waals surface area contributed by atoms with Gasteiger partial charge in [0.25, 0.3) is 0 Å². The molecule has 2 aromatic heterocycles. The van der Waals surface area contributed by atoms with Gasteiger partial charge < -0.3 is 9.88 Å². The zero-order valence-corrected chi connectivity index (χ0v) is 19.4. The van der Waals surface area contributed by atoms with Crippen LogP contribution in [0, 0.1) is 5.92 Å². The fourth-order valence-electron chi connectivity index (χ4n) is 5.33. The van der Waals surface area contributed by atoms with E-state index in [1.165, 1.54) is 31.2 Å².